The lowest BCUT2D eigenvalue weighted by Crippen LogP contribution is -2.34. The molecule has 0 bridgehead atoms. The second-order valence-corrected chi connectivity index (χ2v) is 7.97. The molecule has 0 aromatic carbocycles. The minimum Gasteiger partial charge on any atom is -0.447 e. The summed E-state index contributed by atoms with van der Waals surface area (Å²) in [5.41, 5.74) is -0.0528. The van der Waals surface area contributed by atoms with Crippen LogP contribution in [-0.4, -0.2) is 45.6 Å². The molecular weight excluding hydrogens is 292 g/mol. The van der Waals surface area contributed by atoms with Crippen LogP contribution in [0.1, 0.15) is 33.0 Å². The van der Waals surface area contributed by atoms with Gasteiger partial charge in [-0.25, -0.2) is 8.42 Å². The zero-order valence-electron chi connectivity index (χ0n) is 13.5. The van der Waals surface area contributed by atoms with Crippen LogP contribution in [0.3, 0.4) is 0 Å². The molecule has 7 heteroatoms. The van der Waals surface area contributed by atoms with Gasteiger partial charge in [0.15, 0.2) is 0 Å². The van der Waals surface area contributed by atoms with Gasteiger partial charge in [0.1, 0.15) is 5.76 Å². The van der Waals surface area contributed by atoms with Crippen molar-refractivity contribution in [3.05, 3.63) is 17.9 Å². The molecule has 0 aliphatic rings. The van der Waals surface area contributed by atoms with E-state index in [2.05, 4.69) is 5.32 Å². The number of hydrogen-bond donors (Lipinski definition) is 1. The first kappa shape index (κ1) is 18.2. The van der Waals surface area contributed by atoms with Crippen molar-refractivity contribution < 1.29 is 17.6 Å². The highest BCUT2D eigenvalue weighted by molar-refractivity contribution is 7.89. The van der Waals surface area contributed by atoms with E-state index in [1.54, 1.807) is 20.2 Å². The highest BCUT2D eigenvalue weighted by atomic mass is 32.2. The standard InChI is InChI=1S/C14H26N2O4S/c1-14(2,3)15-11-12-7-8-13(20-12)21(17,18)16(4)9-6-10-19-5/h7-8,15H,6,9-11H2,1-5H3. The molecule has 0 spiro atoms. The van der Waals surface area contributed by atoms with E-state index in [0.29, 0.717) is 31.9 Å². The van der Waals surface area contributed by atoms with Gasteiger partial charge in [0.25, 0.3) is 10.0 Å². The van der Waals surface area contributed by atoms with E-state index in [9.17, 15) is 8.42 Å². The lowest BCUT2D eigenvalue weighted by molar-refractivity contribution is 0.189. The molecule has 1 rings (SSSR count). The lowest BCUT2D eigenvalue weighted by atomic mass is 10.1. The first-order valence-electron chi connectivity index (χ1n) is 6.96. The van der Waals surface area contributed by atoms with E-state index in [1.807, 2.05) is 20.8 Å². The van der Waals surface area contributed by atoms with Gasteiger partial charge >= 0.3 is 0 Å². The minimum atomic E-state index is -3.57. The molecule has 122 valence electrons. The molecule has 0 amide bonds. The number of nitrogens with one attached hydrogen (secondary N) is 1. The summed E-state index contributed by atoms with van der Waals surface area (Å²) < 4.78 is 36.3. The molecule has 0 atom stereocenters. The van der Waals surface area contributed by atoms with Gasteiger partial charge in [-0.3, -0.25) is 0 Å². The summed E-state index contributed by atoms with van der Waals surface area (Å²) in [6.07, 6.45) is 0.644. The van der Waals surface area contributed by atoms with Crippen molar-refractivity contribution in [2.45, 2.75) is 44.4 Å². The van der Waals surface area contributed by atoms with Crippen LogP contribution < -0.4 is 5.32 Å². The maximum atomic E-state index is 12.3. The van der Waals surface area contributed by atoms with Crippen LogP contribution in [0.2, 0.25) is 0 Å². The number of rotatable bonds is 8. The first-order valence-corrected chi connectivity index (χ1v) is 8.40. The first-order chi connectivity index (χ1) is 9.66. The van der Waals surface area contributed by atoms with E-state index in [4.69, 9.17) is 9.15 Å². The Morgan fingerprint density at radius 2 is 2.00 bits per heavy atom. The van der Waals surface area contributed by atoms with Crippen molar-refractivity contribution in [1.82, 2.24) is 9.62 Å². The minimum absolute atomic E-state index is 0.0203. The molecule has 0 unspecified atom stereocenters. The fourth-order valence-electron chi connectivity index (χ4n) is 1.65. The molecule has 0 saturated heterocycles. The molecule has 1 aromatic heterocycles. The second-order valence-electron chi connectivity index (χ2n) is 6.00. The molecule has 0 aliphatic carbocycles. The van der Waals surface area contributed by atoms with Gasteiger partial charge in [-0.05, 0) is 39.3 Å². The number of nitrogens with zero attached hydrogens (tertiary/aromatic N) is 1. The molecule has 21 heavy (non-hydrogen) atoms. The monoisotopic (exact) mass is 318 g/mol. The number of hydrogen-bond acceptors (Lipinski definition) is 5. The highest BCUT2D eigenvalue weighted by Crippen LogP contribution is 2.18. The third kappa shape index (κ3) is 5.78. The number of sulfonamides is 1. The normalized spacial score (nSPS) is 13.0. The van der Waals surface area contributed by atoms with Gasteiger partial charge in [-0.1, -0.05) is 0 Å². The predicted molar refractivity (Wildman–Crippen MR) is 81.6 cm³/mol. The molecular formula is C14H26N2O4S. The van der Waals surface area contributed by atoms with Gasteiger partial charge in [0.05, 0.1) is 6.54 Å². The summed E-state index contributed by atoms with van der Waals surface area (Å²) in [6.45, 7) is 7.53. The maximum absolute atomic E-state index is 12.3. The van der Waals surface area contributed by atoms with E-state index < -0.39 is 10.0 Å². The molecule has 0 radical (unpaired) electrons. The third-order valence-corrected chi connectivity index (χ3v) is 4.65. The summed E-state index contributed by atoms with van der Waals surface area (Å²) in [5, 5.41) is 3.24. The average Bonchev–Trinajstić information content (AvgIpc) is 2.85. The Kier molecular flexibility index (Phi) is 6.40. The lowest BCUT2D eigenvalue weighted by Gasteiger charge is -2.19. The largest absolute Gasteiger partial charge is 0.447 e. The molecule has 0 fully saturated rings. The molecule has 6 nitrogen and oxygen atoms in total. The fraction of sp³-hybridized carbons (Fsp3) is 0.714. The Balaban J connectivity index is 2.69. The molecule has 1 heterocycles. The van der Waals surface area contributed by atoms with Crippen molar-refractivity contribution in [2.24, 2.45) is 0 Å². The quantitative estimate of drug-likeness (QED) is 0.740. The van der Waals surface area contributed by atoms with Gasteiger partial charge in [0, 0.05) is 32.8 Å². The Bertz CT molecular complexity index is 531. The topological polar surface area (TPSA) is 71.8 Å². The van der Waals surface area contributed by atoms with Gasteiger partial charge < -0.3 is 14.5 Å². The SMILES string of the molecule is COCCCN(C)S(=O)(=O)c1ccc(CNC(C)(C)C)o1. The van der Waals surface area contributed by atoms with Crippen molar-refractivity contribution in [1.29, 1.82) is 0 Å². The van der Waals surface area contributed by atoms with Gasteiger partial charge in [-0.2, -0.15) is 4.31 Å². The average molecular weight is 318 g/mol. The predicted octanol–water partition coefficient (Wildman–Crippen LogP) is 1.82. The van der Waals surface area contributed by atoms with Crippen LogP contribution in [0.15, 0.2) is 21.6 Å². The van der Waals surface area contributed by atoms with Crippen LogP contribution >= 0.6 is 0 Å². The maximum Gasteiger partial charge on any atom is 0.276 e. The number of methoxy groups -OCH3 is 1. The van der Waals surface area contributed by atoms with Crippen LogP contribution in [0, 0.1) is 0 Å². The summed E-state index contributed by atoms with van der Waals surface area (Å²) in [4.78, 5) is 0. The second kappa shape index (κ2) is 7.40. The van der Waals surface area contributed by atoms with Crippen LogP contribution in [0.5, 0.6) is 0 Å². The summed E-state index contributed by atoms with van der Waals surface area (Å²) in [7, 11) is -0.434. The van der Waals surface area contributed by atoms with E-state index >= 15 is 0 Å². The molecule has 0 aliphatic heterocycles. The van der Waals surface area contributed by atoms with Crippen molar-refractivity contribution >= 4 is 10.0 Å². The zero-order chi connectivity index (χ0) is 16.1. The van der Waals surface area contributed by atoms with E-state index in [1.165, 1.54) is 10.4 Å². The van der Waals surface area contributed by atoms with Gasteiger partial charge in [-0.15, -0.1) is 0 Å². The van der Waals surface area contributed by atoms with Crippen molar-refractivity contribution in [2.75, 3.05) is 27.3 Å². The number of furan rings is 1. The molecule has 0 saturated carbocycles. The Morgan fingerprint density at radius 3 is 2.57 bits per heavy atom. The van der Waals surface area contributed by atoms with Gasteiger partial charge in [0.2, 0.25) is 5.09 Å². The smallest absolute Gasteiger partial charge is 0.276 e. The fourth-order valence-corrected chi connectivity index (χ4v) is 2.78. The van der Waals surface area contributed by atoms with E-state index in [0.717, 1.165) is 0 Å². The molecule has 1 N–H and O–H groups in total. The van der Waals surface area contributed by atoms with E-state index in [-0.39, 0.29) is 10.6 Å². The number of ether oxygens (including phenoxy) is 1. The van der Waals surface area contributed by atoms with Crippen molar-refractivity contribution in [3.63, 3.8) is 0 Å². The van der Waals surface area contributed by atoms with Crippen LogP contribution in [-0.2, 0) is 21.3 Å². The van der Waals surface area contributed by atoms with Crippen LogP contribution in [0.4, 0.5) is 0 Å². The van der Waals surface area contributed by atoms with Crippen molar-refractivity contribution in [3.8, 4) is 0 Å². The molecule has 1 aromatic rings. The highest BCUT2D eigenvalue weighted by Gasteiger charge is 2.24. The Morgan fingerprint density at radius 1 is 1.33 bits per heavy atom. The zero-order valence-corrected chi connectivity index (χ0v) is 14.3. The summed E-state index contributed by atoms with van der Waals surface area (Å²) in [6, 6.07) is 3.19. The Labute approximate surface area is 127 Å². The summed E-state index contributed by atoms with van der Waals surface area (Å²) >= 11 is 0. The summed E-state index contributed by atoms with van der Waals surface area (Å²) in [5.74, 6) is 0.605. The van der Waals surface area contributed by atoms with Crippen LogP contribution in [0.25, 0.3) is 0 Å². The Hall–Kier alpha value is -0.890. The third-order valence-electron chi connectivity index (χ3n) is 2.92.